The van der Waals surface area contributed by atoms with Crippen LogP contribution in [0.2, 0.25) is 0 Å². The van der Waals surface area contributed by atoms with Crippen molar-refractivity contribution in [1.82, 2.24) is 4.31 Å². The molecule has 0 saturated heterocycles. The summed E-state index contributed by atoms with van der Waals surface area (Å²) in [4.78, 5) is 12.9. The van der Waals surface area contributed by atoms with Crippen LogP contribution < -0.4 is 4.90 Å². The molecule has 0 spiro atoms. The van der Waals surface area contributed by atoms with Crippen LogP contribution >= 0.6 is 0 Å². The standard InChI is InChI=1S/C14H22N2O4S/c1-5-16(11(2)10-14(17)18)12-8-6-7-9-13(12)21(19,20)15(3)4/h6-9,11H,5,10H2,1-4H3,(H,17,18). The number of rotatable bonds is 7. The number of sulfonamides is 1. The van der Waals surface area contributed by atoms with Crippen LogP contribution in [0.5, 0.6) is 0 Å². The molecule has 1 unspecified atom stereocenters. The summed E-state index contributed by atoms with van der Waals surface area (Å²) >= 11 is 0. The molecular formula is C14H22N2O4S. The van der Waals surface area contributed by atoms with Crippen molar-refractivity contribution < 1.29 is 18.3 Å². The van der Waals surface area contributed by atoms with Gasteiger partial charge in [-0.1, -0.05) is 12.1 Å². The Morgan fingerprint density at radius 2 is 1.86 bits per heavy atom. The number of nitrogens with zero attached hydrogens (tertiary/aromatic N) is 2. The molecule has 118 valence electrons. The fourth-order valence-electron chi connectivity index (χ4n) is 2.19. The Kier molecular flexibility index (Phi) is 5.74. The molecule has 0 bridgehead atoms. The molecule has 6 nitrogen and oxygen atoms in total. The fourth-order valence-corrected chi connectivity index (χ4v) is 3.29. The number of benzene rings is 1. The Labute approximate surface area is 126 Å². The molecule has 1 aromatic rings. The first-order valence-electron chi connectivity index (χ1n) is 6.71. The van der Waals surface area contributed by atoms with Gasteiger partial charge in [0.2, 0.25) is 10.0 Å². The lowest BCUT2D eigenvalue weighted by molar-refractivity contribution is -0.137. The maximum absolute atomic E-state index is 12.4. The molecule has 0 aromatic heterocycles. The molecule has 1 atom stereocenters. The average Bonchev–Trinajstić information content (AvgIpc) is 2.39. The normalized spacial score (nSPS) is 13.2. The van der Waals surface area contributed by atoms with Gasteiger partial charge in [0.05, 0.1) is 12.1 Å². The molecule has 0 heterocycles. The molecule has 0 fully saturated rings. The highest BCUT2D eigenvalue weighted by Gasteiger charge is 2.25. The number of hydrogen-bond donors (Lipinski definition) is 1. The Morgan fingerprint density at radius 3 is 2.33 bits per heavy atom. The van der Waals surface area contributed by atoms with Crippen molar-refractivity contribution in [2.45, 2.75) is 31.2 Å². The summed E-state index contributed by atoms with van der Waals surface area (Å²) in [6, 6.07) is 6.36. The quantitative estimate of drug-likeness (QED) is 0.827. The zero-order valence-corrected chi connectivity index (χ0v) is 13.6. The van der Waals surface area contributed by atoms with Gasteiger partial charge in [0.25, 0.3) is 0 Å². The van der Waals surface area contributed by atoms with E-state index in [0.29, 0.717) is 12.2 Å². The molecule has 1 rings (SSSR count). The fraction of sp³-hybridized carbons (Fsp3) is 0.500. The molecule has 0 radical (unpaired) electrons. The van der Waals surface area contributed by atoms with Crippen molar-refractivity contribution in [2.75, 3.05) is 25.5 Å². The van der Waals surface area contributed by atoms with Crippen LogP contribution in [0.1, 0.15) is 20.3 Å². The molecular weight excluding hydrogens is 292 g/mol. The van der Waals surface area contributed by atoms with Gasteiger partial charge >= 0.3 is 5.97 Å². The minimum absolute atomic E-state index is 0.0514. The maximum Gasteiger partial charge on any atom is 0.305 e. The minimum atomic E-state index is -3.58. The van der Waals surface area contributed by atoms with Gasteiger partial charge in [-0.2, -0.15) is 0 Å². The first-order valence-corrected chi connectivity index (χ1v) is 8.15. The SMILES string of the molecule is CCN(c1ccccc1S(=O)(=O)N(C)C)C(C)CC(=O)O. The first kappa shape index (κ1) is 17.5. The second-order valence-electron chi connectivity index (χ2n) is 4.99. The minimum Gasteiger partial charge on any atom is -0.481 e. The zero-order chi connectivity index (χ0) is 16.2. The summed E-state index contributed by atoms with van der Waals surface area (Å²) in [5.74, 6) is -0.908. The molecule has 0 aliphatic rings. The van der Waals surface area contributed by atoms with Crippen LogP contribution in [-0.4, -0.2) is 50.5 Å². The number of carbonyl (C=O) groups is 1. The number of aliphatic carboxylic acids is 1. The van der Waals surface area contributed by atoms with Crippen LogP contribution in [0.3, 0.4) is 0 Å². The Morgan fingerprint density at radius 1 is 1.29 bits per heavy atom. The van der Waals surface area contributed by atoms with E-state index < -0.39 is 16.0 Å². The predicted octanol–water partition coefficient (Wildman–Crippen LogP) is 1.63. The summed E-state index contributed by atoms with van der Waals surface area (Å²) in [5.41, 5.74) is 0.530. The van der Waals surface area contributed by atoms with Gasteiger partial charge < -0.3 is 10.0 Å². The van der Waals surface area contributed by atoms with E-state index in [2.05, 4.69) is 0 Å². The molecule has 7 heteroatoms. The molecule has 1 N–H and O–H groups in total. The highest BCUT2D eigenvalue weighted by molar-refractivity contribution is 7.89. The van der Waals surface area contributed by atoms with Gasteiger partial charge in [0.15, 0.2) is 0 Å². The third-order valence-electron chi connectivity index (χ3n) is 3.28. The monoisotopic (exact) mass is 314 g/mol. The maximum atomic E-state index is 12.4. The van der Waals surface area contributed by atoms with Crippen molar-refractivity contribution in [3.63, 3.8) is 0 Å². The van der Waals surface area contributed by atoms with Crippen LogP contribution in [0.25, 0.3) is 0 Å². The molecule has 1 aromatic carbocycles. The summed E-state index contributed by atoms with van der Waals surface area (Å²) in [6.45, 7) is 4.17. The molecule has 0 amide bonds. The van der Waals surface area contributed by atoms with Crippen LogP contribution in [0, 0.1) is 0 Å². The van der Waals surface area contributed by atoms with E-state index in [1.54, 1.807) is 36.1 Å². The van der Waals surface area contributed by atoms with E-state index in [-0.39, 0.29) is 17.4 Å². The zero-order valence-electron chi connectivity index (χ0n) is 12.8. The van der Waals surface area contributed by atoms with Crippen molar-refractivity contribution >= 4 is 21.7 Å². The van der Waals surface area contributed by atoms with E-state index in [4.69, 9.17) is 5.11 Å². The van der Waals surface area contributed by atoms with Gasteiger partial charge in [-0.15, -0.1) is 0 Å². The molecule has 21 heavy (non-hydrogen) atoms. The average molecular weight is 314 g/mol. The van der Waals surface area contributed by atoms with Gasteiger partial charge in [0.1, 0.15) is 4.90 Å². The first-order chi connectivity index (χ1) is 9.71. The van der Waals surface area contributed by atoms with Gasteiger partial charge in [-0.3, -0.25) is 4.79 Å². The van der Waals surface area contributed by atoms with Crippen molar-refractivity contribution in [1.29, 1.82) is 0 Å². The highest BCUT2D eigenvalue weighted by Crippen LogP contribution is 2.28. The Balaban J connectivity index is 3.32. The van der Waals surface area contributed by atoms with Gasteiger partial charge in [-0.05, 0) is 26.0 Å². The summed E-state index contributed by atoms with van der Waals surface area (Å²) < 4.78 is 26.0. The number of carboxylic acid groups (broad SMARTS) is 1. The lowest BCUT2D eigenvalue weighted by atomic mass is 10.1. The molecule has 0 saturated carbocycles. The van der Waals surface area contributed by atoms with Crippen molar-refractivity contribution in [3.05, 3.63) is 24.3 Å². The second kappa shape index (κ2) is 6.91. The number of carboxylic acids is 1. The van der Waals surface area contributed by atoms with Gasteiger partial charge in [-0.25, -0.2) is 12.7 Å². The smallest absolute Gasteiger partial charge is 0.305 e. The number of hydrogen-bond acceptors (Lipinski definition) is 4. The molecule has 0 aliphatic heterocycles. The lowest BCUT2D eigenvalue weighted by Crippen LogP contribution is -2.36. The van der Waals surface area contributed by atoms with E-state index in [0.717, 1.165) is 4.31 Å². The van der Waals surface area contributed by atoms with Crippen LogP contribution in [0.15, 0.2) is 29.2 Å². The summed E-state index contributed by atoms with van der Waals surface area (Å²) in [6.07, 6.45) is -0.0514. The van der Waals surface area contributed by atoms with E-state index in [9.17, 15) is 13.2 Å². The summed E-state index contributed by atoms with van der Waals surface area (Å²) in [5, 5.41) is 8.94. The Bertz CT molecular complexity index is 599. The van der Waals surface area contributed by atoms with Crippen molar-refractivity contribution in [2.24, 2.45) is 0 Å². The third-order valence-corrected chi connectivity index (χ3v) is 5.14. The Hall–Kier alpha value is -1.60. The van der Waals surface area contributed by atoms with Crippen molar-refractivity contribution in [3.8, 4) is 0 Å². The molecule has 0 aliphatic carbocycles. The predicted molar refractivity (Wildman–Crippen MR) is 82.0 cm³/mol. The second-order valence-corrected chi connectivity index (χ2v) is 7.11. The van der Waals surface area contributed by atoms with Crippen LogP contribution in [0.4, 0.5) is 5.69 Å². The van der Waals surface area contributed by atoms with Crippen LogP contribution in [-0.2, 0) is 14.8 Å². The van der Waals surface area contributed by atoms with E-state index >= 15 is 0 Å². The largest absolute Gasteiger partial charge is 0.481 e. The highest BCUT2D eigenvalue weighted by atomic mass is 32.2. The summed E-state index contributed by atoms with van der Waals surface area (Å²) in [7, 11) is -0.630. The topological polar surface area (TPSA) is 77.9 Å². The number of para-hydroxylation sites is 1. The van der Waals surface area contributed by atoms with Gasteiger partial charge in [0, 0.05) is 26.7 Å². The lowest BCUT2D eigenvalue weighted by Gasteiger charge is -2.31. The number of anilines is 1. The van der Waals surface area contributed by atoms with E-state index in [1.165, 1.54) is 14.1 Å². The third kappa shape index (κ3) is 3.95. The van der Waals surface area contributed by atoms with E-state index in [1.807, 2.05) is 6.92 Å².